The molecule has 0 aliphatic carbocycles. The molecule has 0 fully saturated rings. The fourth-order valence-electron chi connectivity index (χ4n) is 2.88. The largest absolute Gasteiger partial charge is 0.452 e. The molecule has 0 aromatic heterocycles. The molecule has 1 aliphatic heterocycles. The Morgan fingerprint density at radius 1 is 1.08 bits per heavy atom. The van der Waals surface area contributed by atoms with E-state index in [-0.39, 0.29) is 12.5 Å². The van der Waals surface area contributed by atoms with Crippen molar-refractivity contribution in [3.8, 4) is 0 Å². The van der Waals surface area contributed by atoms with Gasteiger partial charge >= 0.3 is 5.97 Å². The topological polar surface area (TPSA) is 46.6 Å². The first-order valence-corrected chi connectivity index (χ1v) is 8.39. The fourth-order valence-corrected chi connectivity index (χ4v) is 2.88. The van der Waals surface area contributed by atoms with E-state index in [0.29, 0.717) is 18.7 Å². The summed E-state index contributed by atoms with van der Waals surface area (Å²) in [7, 11) is 0. The first-order chi connectivity index (χ1) is 12.1. The lowest BCUT2D eigenvalue weighted by atomic mass is 10.00. The number of hydrogen-bond donors (Lipinski definition) is 0. The first kappa shape index (κ1) is 17.0. The standard InChI is InChI=1S/C21H21NO3/c1-16-6-5-9-19(14-16)21(24)25-15-20(23)22-12-10-18(11-13-22)17-7-3-2-4-8-17/h2-10,14H,11-13,15H2,1H3. The third-order valence-electron chi connectivity index (χ3n) is 4.29. The van der Waals surface area contributed by atoms with Gasteiger partial charge in [0, 0.05) is 13.1 Å². The molecule has 0 saturated carbocycles. The monoisotopic (exact) mass is 335 g/mol. The maximum absolute atomic E-state index is 12.3. The summed E-state index contributed by atoms with van der Waals surface area (Å²) in [6.45, 7) is 2.88. The second kappa shape index (κ2) is 7.79. The molecule has 3 rings (SSSR count). The number of amides is 1. The third-order valence-corrected chi connectivity index (χ3v) is 4.29. The molecule has 0 N–H and O–H groups in total. The van der Waals surface area contributed by atoms with Crippen molar-refractivity contribution >= 4 is 17.4 Å². The smallest absolute Gasteiger partial charge is 0.338 e. The van der Waals surface area contributed by atoms with Gasteiger partial charge in [0.25, 0.3) is 5.91 Å². The van der Waals surface area contributed by atoms with E-state index in [1.807, 2.05) is 31.2 Å². The normalized spacial score (nSPS) is 14.0. The average molecular weight is 335 g/mol. The van der Waals surface area contributed by atoms with Crippen LogP contribution in [0, 0.1) is 6.92 Å². The minimum absolute atomic E-state index is 0.163. The molecule has 0 bridgehead atoms. The second-order valence-electron chi connectivity index (χ2n) is 6.13. The molecule has 0 unspecified atom stereocenters. The maximum Gasteiger partial charge on any atom is 0.338 e. The van der Waals surface area contributed by atoms with Crippen LogP contribution in [0.25, 0.3) is 5.57 Å². The molecule has 4 nitrogen and oxygen atoms in total. The number of aryl methyl sites for hydroxylation is 1. The molecule has 1 heterocycles. The summed E-state index contributed by atoms with van der Waals surface area (Å²) in [6, 6.07) is 17.3. The zero-order valence-corrected chi connectivity index (χ0v) is 14.3. The number of esters is 1. The lowest BCUT2D eigenvalue weighted by molar-refractivity contribution is -0.134. The summed E-state index contributed by atoms with van der Waals surface area (Å²) in [5, 5.41) is 0. The summed E-state index contributed by atoms with van der Waals surface area (Å²) in [6.07, 6.45) is 2.88. The van der Waals surface area contributed by atoms with Crippen LogP contribution in [0.4, 0.5) is 0 Å². The summed E-state index contributed by atoms with van der Waals surface area (Å²) >= 11 is 0. The Hall–Kier alpha value is -2.88. The lowest BCUT2D eigenvalue weighted by Gasteiger charge is -2.26. The van der Waals surface area contributed by atoms with Crippen LogP contribution < -0.4 is 0 Å². The van der Waals surface area contributed by atoms with Gasteiger partial charge in [-0.05, 0) is 36.6 Å². The molecular weight excluding hydrogens is 314 g/mol. The number of benzene rings is 2. The Balaban J connectivity index is 1.53. The van der Waals surface area contributed by atoms with Crippen molar-refractivity contribution < 1.29 is 14.3 Å². The SMILES string of the molecule is Cc1cccc(C(=O)OCC(=O)N2CC=C(c3ccccc3)CC2)c1. The average Bonchev–Trinajstić information content (AvgIpc) is 2.66. The maximum atomic E-state index is 12.3. The van der Waals surface area contributed by atoms with E-state index in [9.17, 15) is 9.59 Å². The van der Waals surface area contributed by atoms with Gasteiger partial charge < -0.3 is 9.64 Å². The summed E-state index contributed by atoms with van der Waals surface area (Å²) in [5.41, 5.74) is 3.90. The predicted octanol–water partition coefficient (Wildman–Crippen LogP) is 3.47. The van der Waals surface area contributed by atoms with E-state index < -0.39 is 5.97 Å². The predicted molar refractivity (Wildman–Crippen MR) is 97.1 cm³/mol. The van der Waals surface area contributed by atoms with Crippen molar-refractivity contribution in [2.75, 3.05) is 19.7 Å². The molecule has 4 heteroatoms. The number of carbonyl (C=O) groups is 2. The highest BCUT2D eigenvalue weighted by Crippen LogP contribution is 2.22. The zero-order chi connectivity index (χ0) is 17.6. The Labute approximate surface area is 147 Å². The highest BCUT2D eigenvalue weighted by molar-refractivity contribution is 5.91. The van der Waals surface area contributed by atoms with Crippen molar-refractivity contribution in [3.05, 3.63) is 77.4 Å². The van der Waals surface area contributed by atoms with Crippen molar-refractivity contribution in [3.63, 3.8) is 0 Å². The van der Waals surface area contributed by atoms with Gasteiger partial charge in [0.15, 0.2) is 6.61 Å². The molecule has 25 heavy (non-hydrogen) atoms. The van der Waals surface area contributed by atoms with Gasteiger partial charge in [-0.3, -0.25) is 4.79 Å². The van der Waals surface area contributed by atoms with Crippen molar-refractivity contribution in [2.45, 2.75) is 13.3 Å². The molecular formula is C21H21NO3. The molecule has 128 valence electrons. The van der Waals surface area contributed by atoms with Crippen LogP contribution in [0.1, 0.15) is 27.9 Å². The van der Waals surface area contributed by atoms with Gasteiger partial charge in [0.05, 0.1) is 5.56 Å². The van der Waals surface area contributed by atoms with Gasteiger partial charge in [0.2, 0.25) is 0 Å². The fraction of sp³-hybridized carbons (Fsp3) is 0.238. The number of carbonyl (C=O) groups excluding carboxylic acids is 2. The van der Waals surface area contributed by atoms with Crippen molar-refractivity contribution in [1.82, 2.24) is 4.90 Å². The molecule has 0 saturated heterocycles. The second-order valence-corrected chi connectivity index (χ2v) is 6.13. The molecule has 1 amide bonds. The van der Waals surface area contributed by atoms with Gasteiger partial charge in [0.1, 0.15) is 0 Å². The highest BCUT2D eigenvalue weighted by Gasteiger charge is 2.19. The van der Waals surface area contributed by atoms with Crippen LogP contribution in [0.2, 0.25) is 0 Å². The molecule has 0 radical (unpaired) electrons. The molecule has 2 aromatic carbocycles. The van der Waals surface area contributed by atoms with Gasteiger partial charge in [-0.25, -0.2) is 4.79 Å². The van der Waals surface area contributed by atoms with Crippen LogP contribution in [-0.2, 0) is 9.53 Å². The van der Waals surface area contributed by atoms with E-state index in [1.54, 1.807) is 23.1 Å². The Bertz CT molecular complexity index is 796. The Morgan fingerprint density at radius 2 is 1.88 bits per heavy atom. The molecule has 0 spiro atoms. The van der Waals surface area contributed by atoms with Crippen LogP contribution in [0.15, 0.2) is 60.7 Å². The number of hydrogen-bond acceptors (Lipinski definition) is 3. The van der Waals surface area contributed by atoms with Crippen molar-refractivity contribution in [2.24, 2.45) is 0 Å². The van der Waals surface area contributed by atoms with Crippen LogP contribution in [0.5, 0.6) is 0 Å². The molecule has 1 aliphatic rings. The number of rotatable bonds is 4. The van der Waals surface area contributed by atoms with E-state index >= 15 is 0 Å². The Morgan fingerprint density at radius 3 is 2.56 bits per heavy atom. The summed E-state index contributed by atoms with van der Waals surface area (Å²) in [5.74, 6) is -0.626. The summed E-state index contributed by atoms with van der Waals surface area (Å²) in [4.78, 5) is 26.0. The summed E-state index contributed by atoms with van der Waals surface area (Å²) < 4.78 is 5.16. The third kappa shape index (κ3) is 4.35. The van der Waals surface area contributed by atoms with E-state index in [0.717, 1.165) is 12.0 Å². The quantitative estimate of drug-likeness (QED) is 0.804. The van der Waals surface area contributed by atoms with Crippen LogP contribution in [-0.4, -0.2) is 36.5 Å². The Kier molecular flexibility index (Phi) is 5.29. The lowest BCUT2D eigenvalue weighted by Crippen LogP contribution is -2.37. The van der Waals surface area contributed by atoms with E-state index in [1.165, 1.54) is 11.1 Å². The minimum atomic E-state index is -0.463. The van der Waals surface area contributed by atoms with E-state index in [4.69, 9.17) is 4.74 Å². The molecule has 2 aromatic rings. The van der Waals surface area contributed by atoms with Gasteiger partial charge in [-0.1, -0.05) is 54.1 Å². The van der Waals surface area contributed by atoms with Gasteiger partial charge in [-0.2, -0.15) is 0 Å². The highest BCUT2D eigenvalue weighted by atomic mass is 16.5. The van der Waals surface area contributed by atoms with Crippen LogP contribution in [0.3, 0.4) is 0 Å². The number of nitrogens with zero attached hydrogens (tertiary/aromatic N) is 1. The van der Waals surface area contributed by atoms with Gasteiger partial charge in [-0.15, -0.1) is 0 Å². The van der Waals surface area contributed by atoms with Crippen molar-refractivity contribution in [1.29, 1.82) is 0 Å². The number of ether oxygens (including phenoxy) is 1. The van der Waals surface area contributed by atoms with E-state index in [2.05, 4.69) is 18.2 Å². The molecule has 0 atom stereocenters. The zero-order valence-electron chi connectivity index (χ0n) is 14.3. The first-order valence-electron chi connectivity index (χ1n) is 8.39. The van der Waals surface area contributed by atoms with Crippen LogP contribution >= 0.6 is 0 Å². The minimum Gasteiger partial charge on any atom is -0.452 e.